The number of rotatable bonds is 9. The summed E-state index contributed by atoms with van der Waals surface area (Å²) >= 11 is 2.22. The maximum atomic E-state index is 6.19. The van der Waals surface area contributed by atoms with Gasteiger partial charge in [-0.1, -0.05) is 145 Å². The van der Waals surface area contributed by atoms with E-state index in [1.54, 1.807) is 7.11 Å². The number of nitrogens with zero attached hydrogens (tertiary/aromatic N) is 2. The van der Waals surface area contributed by atoms with Crippen LogP contribution in [-0.4, -0.2) is 12.0 Å². The summed E-state index contributed by atoms with van der Waals surface area (Å²) in [6, 6.07) is 52.5. The van der Waals surface area contributed by atoms with Crippen LogP contribution in [0.3, 0.4) is 0 Å². The van der Waals surface area contributed by atoms with Crippen molar-refractivity contribution in [2.75, 3.05) is 12.0 Å². The Kier molecular flexibility index (Phi) is 11.7. The zero-order valence-corrected chi connectivity index (χ0v) is 33.2. The molecule has 8 rings (SSSR count). The molecular weight excluding hydrogens is 776 g/mol. The van der Waals surface area contributed by atoms with Crippen molar-refractivity contribution in [1.29, 1.82) is 0 Å². The number of benzene rings is 6. The van der Waals surface area contributed by atoms with Crippen LogP contribution in [0.2, 0.25) is 0 Å². The van der Waals surface area contributed by atoms with Gasteiger partial charge in [-0.25, -0.2) is 0 Å². The molecule has 6 aromatic carbocycles. The van der Waals surface area contributed by atoms with Crippen molar-refractivity contribution in [2.24, 2.45) is 0 Å². The average Bonchev–Trinajstić information content (AvgIpc) is 3.65. The summed E-state index contributed by atoms with van der Waals surface area (Å²) in [4.78, 5) is 4.71. The molecule has 0 radical (unpaired) electrons. The standard InChI is InChI=1S/C49H43N2O.Ag.ClH.H/c1-34-28-35(2)46(36(3)29-34)45-27-17-26-41-32-50(33-51(41)45)49-43(47(37-18-9-5-10-19-37)38-20-11-6-12-21-38)30-42(52-4)31-44(49)48(39-22-13-7-14-23-39)40-24-15-8-16-25-40;;;/h5-33,47-48H,1-4H3;;1H;/q-1;+1;;/p-1. The molecule has 275 valence electrons. The molecule has 54 heavy (non-hydrogen) atoms. The predicted molar refractivity (Wildman–Crippen MR) is 222 cm³/mol. The summed E-state index contributed by atoms with van der Waals surface area (Å²) in [6.07, 6.45) is 8.92. The number of methoxy groups -OCH3 is 1. The summed E-state index contributed by atoms with van der Waals surface area (Å²) in [5, 5.41) is 0. The molecule has 2 aliphatic heterocycles. The van der Waals surface area contributed by atoms with Crippen molar-refractivity contribution in [3.63, 3.8) is 0 Å². The van der Waals surface area contributed by atoms with Gasteiger partial charge in [0.05, 0.1) is 7.11 Å². The number of anilines is 1. The second-order valence-electron chi connectivity index (χ2n) is 13.8. The van der Waals surface area contributed by atoms with Crippen LogP contribution in [0.5, 0.6) is 5.75 Å². The molecule has 2 aliphatic rings. The van der Waals surface area contributed by atoms with E-state index in [0.29, 0.717) is 0 Å². The van der Waals surface area contributed by atoms with Crippen LogP contribution in [0.25, 0.3) is 5.70 Å². The molecule has 0 bridgehead atoms. The van der Waals surface area contributed by atoms with Crippen molar-refractivity contribution in [2.45, 2.75) is 32.6 Å². The Balaban J connectivity index is 0.00000221. The molecule has 0 atom stereocenters. The van der Waals surface area contributed by atoms with Crippen LogP contribution in [0.15, 0.2) is 176 Å². The van der Waals surface area contributed by atoms with Gasteiger partial charge in [0, 0.05) is 34.5 Å². The van der Waals surface area contributed by atoms with Crippen LogP contribution in [0.1, 0.15) is 67.5 Å². The third-order valence-corrected chi connectivity index (χ3v) is 10.3. The van der Waals surface area contributed by atoms with Crippen molar-refractivity contribution in [1.82, 2.24) is 4.90 Å². The molecule has 0 saturated heterocycles. The van der Waals surface area contributed by atoms with Crippen LogP contribution in [0, 0.1) is 27.4 Å². The first-order valence-corrected chi connectivity index (χ1v) is 20.1. The second kappa shape index (κ2) is 17.0. The topological polar surface area (TPSA) is 15.7 Å². The van der Waals surface area contributed by atoms with Gasteiger partial charge in [0.25, 0.3) is 0 Å². The fourth-order valence-corrected chi connectivity index (χ4v) is 8.17. The van der Waals surface area contributed by atoms with Gasteiger partial charge in [0.15, 0.2) is 0 Å². The summed E-state index contributed by atoms with van der Waals surface area (Å²) in [7, 11) is 6.27. The van der Waals surface area contributed by atoms with E-state index in [9.17, 15) is 0 Å². The fraction of sp³-hybridized carbons (Fsp3) is 0.122. The summed E-state index contributed by atoms with van der Waals surface area (Å²) in [5.41, 5.74) is 15.8. The van der Waals surface area contributed by atoms with E-state index in [4.69, 9.17) is 4.74 Å². The van der Waals surface area contributed by atoms with Gasteiger partial charge >= 0.3 is 29.2 Å². The molecule has 2 heterocycles. The summed E-state index contributed by atoms with van der Waals surface area (Å²) < 4.78 is 6.19. The zero-order valence-electron chi connectivity index (χ0n) is 30.9. The van der Waals surface area contributed by atoms with Crippen LogP contribution < -0.4 is 9.64 Å². The first kappa shape index (κ1) is 37.3. The Morgan fingerprint density at radius 3 is 1.44 bits per heavy atom. The first-order chi connectivity index (χ1) is 26.5. The number of hydrogen-bond acceptors (Lipinski definition) is 3. The van der Waals surface area contributed by atoms with E-state index in [2.05, 4.69) is 236 Å². The number of halogens is 1. The van der Waals surface area contributed by atoms with Crippen LogP contribution in [0.4, 0.5) is 5.69 Å². The van der Waals surface area contributed by atoms with Crippen molar-refractivity contribution in [3.05, 3.63) is 238 Å². The molecule has 0 aliphatic carbocycles. The van der Waals surface area contributed by atoms with E-state index >= 15 is 0 Å². The Morgan fingerprint density at radius 2 is 1.04 bits per heavy atom. The molecule has 0 amide bonds. The van der Waals surface area contributed by atoms with E-state index in [0.717, 1.165) is 17.1 Å². The van der Waals surface area contributed by atoms with E-state index in [1.165, 1.54) is 61.3 Å². The first-order valence-electron chi connectivity index (χ1n) is 18.1. The normalized spacial score (nSPS) is 13.4. The zero-order chi connectivity index (χ0) is 37.6. The van der Waals surface area contributed by atoms with E-state index in [-0.39, 0.29) is 11.8 Å². The number of hydrogen-bond donors (Lipinski definition) is 0. The Bertz CT molecular complexity index is 2100. The second-order valence-corrected chi connectivity index (χ2v) is 13.8. The van der Waals surface area contributed by atoms with E-state index < -0.39 is 0 Å². The van der Waals surface area contributed by atoms with Crippen LogP contribution in [-0.2, 0) is 20.0 Å². The monoisotopic (exact) mass is 818 g/mol. The molecule has 0 N–H and O–H groups in total. The number of ether oxygens (including phenoxy) is 1. The van der Waals surface area contributed by atoms with Gasteiger partial charge in [-0.15, -0.1) is 6.67 Å². The quantitative estimate of drug-likeness (QED) is 0.0821. The van der Waals surface area contributed by atoms with Crippen molar-refractivity contribution < 1.29 is 24.7 Å². The van der Waals surface area contributed by atoms with Gasteiger partial charge in [0.2, 0.25) is 0 Å². The maximum absolute atomic E-state index is 6.19. The molecule has 0 fully saturated rings. The van der Waals surface area contributed by atoms with E-state index in [1.807, 2.05) is 0 Å². The number of fused-ring (bicyclic) bond motifs is 1. The molecule has 6 aromatic rings. The Labute approximate surface area is 336 Å². The Morgan fingerprint density at radius 1 is 0.611 bits per heavy atom. The number of allylic oxidation sites excluding steroid dienone is 3. The van der Waals surface area contributed by atoms with Gasteiger partial charge in [0.1, 0.15) is 5.75 Å². The summed E-state index contributed by atoms with van der Waals surface area (Å²) in [6.45, 7) is 8.89. The molecule has 5 heteroatoms. The summed E-state index contributed by atoms with van der Waals surface area (Å²) in [5.74, 6) is 0.712. The average molecular weight is 820 g/mol. The molecule has 0 spiro atoms. The minimum absolute atomic E-state index is 0.0602. The Hall–Kier alpha value is -5.03. The molecule has 0 aromatic heterocycles. The van der Waals surface area contributed by atoms with Gasteiger partial charge in [-0.3, -0.25) is 0 Å². The van der Waals surface area contributed by atoms with Crippen LogP contribution >= 0.6 is 9.19 Å². The minimum atomic E-state index is -0.0602. The molecule has 3 nitrogen and oxygen atoms in total. The third-order valence-electron chi connectivity index (χ3n) is 10.3. The third kappa shape index (κ3) is 7.51. The molecular formula is C49H44AgClN2O-. The predicted octanol–water partition coefficient (Wildman–Crippen LogP) is 12.1. The molecule has 0 saturated carbocycles. The fourth-order valence-electron chi connectivity index (χ4n) is 8.17. The van der Waals surface area contributed by atoms with Gasteiger partial charge in [-0.05, 0) is 95.8 Å². The van der Waals surface area contributed by atoms with Gasteiger partial charge < -0.3 is 14.5 Å². The van der Waals surface area contributed by atoms with Crippen molar-refractivity contribution >= 4 is 20.6 Å². The number of aryl methyl sites for hydroxylation is 3. The van der Waals surface area contributed by atoms with Gasteiger partial charge in [-0.2, -0.15) is 0 Å². The molecule has 0 unspecified atom stereocenters. The SMILES string of the molecule is COc1cc(C(c2ccccc2)c2ccccc2)c(N2C=C3C=CC=C(c4c(C)cc(C)cc4C)N3[CH-]2)c(C(c2ccccc2)c2ccccc2)c1.[Cl][AgH]. The van der Waals surface area contributed by atoms with Crippen molar-refractivity contribution in [3.8, 4) is 5.75 Å².